The van der Waals surface area contributed by atoms with Crippen LogP contribution in [0.15, 0.2) is 40.9 Å². The Morgan fingerprint density at radius 1 is 1.30 bits per heavy atom. The Morgan fingerprint density at radius 2 is 2.05 bits per heavy atom. The zero-order valence-electron chi connectivity index (χ0n) is 10.0. The lowest BCUT2D eigenvalue weighted by atomic mass is 10.2. The minimum atomic E-state index is -0.506. The molecule has 0 aliphatic heterocycles. The Morgan fingerprint density at radius 3 is 2.65 bits per heavy atom. The fraction of sp³-hybridized carbons (Fsp3) is 0.0769. The molecule has 104 valence electrons. The van der Waals surface area contributed by atoms with Gasteiger partial charge in [-0.1, -0.05) is 33.6 Å². The highest BCUT2D eigenvalue weighted by Gasteiger charge is 2.11. The van der Waals surface area contributed by atoms with Crippen LogP contribution in [0, 0.1) is 10.1 Å². The monoisotopic (exact) mass is 357 g/mol. The molecule has 0 aliphatic carbocycles. The van der Waals surface area contributed by atoms with Crippen LogP contribution < -0.4 is 4.74 Å². The standard InChI is InChI=1S/C13H9BrClNO4/c14-9-4-10(16(18)19)6-11(5-9)20-13-2-1-8(7-17)3-12(13)15/h1-6,17H,7H2. The zero-order chi connectivity index (χ0) is 14.7. The van der Waals surface area contributed by atoms with Crippen molar-refractivity contribution in [2.45, 2.75) is 6.61 Å². The Kier molecular flexibility index (Phi) is 4.59. The van der Waals surface area contributed by atoms with Crippen LogP contribution >= 0.6 is 27.5 Å². The molecule has 0 spiro atoms. The molecule has 2 rings (SSSR count). The van der Waals surface area contributed by atoms with Crippen LogP contribution in [0.4, 0.5) is 5.69 Å². The average molecular weight is 359 g/mol. The predicted octanol–water partition coefficient (Wildman–Crippen LogP) is 4.30. The van der Waals surface area contributed by atoms with E-state index < -0.39 is 4.92 Å². The number of nitro benzene ring substituents is 1. The fourth-order valence-electron chi connectivity index (χ4n) is 1.56. The first-order chi connectivity index (χ1) is 9.49. The molecule has 0 fully saturated rings. The lowest BCUT2D eigenvalue weighted by Crippen LogP contribution is -1.91. The minimum absolute atomic E-state index is 0.0857. The van der Waals surface area contributed by atoms with Crippen LogP contribution in [-0.2, 0) is 6.61 Å². The molecule has 0 radical (unpaired) electrons. The van der Waals surface area contributed by atoms with E-state index in [0.29, 0.717) is 26.6 Å². The first-order valence-corrected chi connectivity index (χ1v) is 6.69. The van der Waals surface area contributed by atoms with Gasteiger partial charge in [-0.2, -0.15) is 0 Å². The van der Waals surface area contributed by atoms with Crippen LogP contribution in [-0.4, -0.2) is 10.0 Å². The number of halogens is 2. The number of hydrogen-bond acceptors (Lipinski definition) is 4. The van der Waals surface area contributed by atoms with Gasteiger partial charge < -0.3 is 9.84 Å². The van der Waals surface area contributed by atoms with E-state index in [1.165, 1.54) is 12.1 Å². The maximum atomic E-state index is 10.8. The van der Waals surface area contributed by atoms with Crippen LogP contribution in [0.2, 0.25) is 5.02 Å². The van der Waals surface area contributed by atoms with Crippen molar-refractivity contribution in [1.82, 2.24) is 0 Å². The van der Waals surface area contributed by atoms with Gasteiger partial charge in [-0.25, -0.2) is 0 Å². The highest BCUT2D eigenvalue weighted by molar-refractivity contribution is 9.10. The molecule has 2 aromatic carbocycles. The molecule has 0 unspecified atom stereocenters. The second kappa shape index (κ2) is 6.21. The van der Waals surface area contributed by atoms with Crippen LogP contribution in [0.3, 0.4) is 0 Å². The van der Waals surface area contributed by atoms with Crippen molar-refractivity contribution in [3.05, 3.63) is 61.6 Å². The molecule has 0 atom stereocenters. The molecule has 2 aromatic rings. The number of rotatable bonds is 4. The molecular weight excluding hydrogens is 350 g/mol. The third-order valence-corrected chi connectivity index (χ3v) is 3.23. The molecule has 1 N–H and O–H groups in total. The number of nitro groups is 1. The molecule has 0 bridgehead atoms. The van der Waals surface area contributed by atoms with Crippen molar-refractivity contribution in [2.24, 2.45) is 0 Å². The second-order valence-electron chi connectivity index (χ2n) is 3.93. The molecule has 7 heteroatoms. The Labute approximate surface area is 128 Å². The van der Waals surface area contributed by atoms with Gasteiger partial charge in [0.2, 0.25) is 0 Å². The number of hydrogen-bond donors (Lipinski definition) is 1. The quantitative estimate of drug-likeness (QED) is 0.653. The summed E-state index contributed by atoms with van der Waals surface area (Å²) < 4.78 is 6.06. The second-order valence-corrected chi connectivity index (χ2v) is 5.25. The van der Waals surface area contributed by atoms with Crippen molar-refractivity contribution in [1.29, 1.82) is 0 Å². The fourth-order valence-corrected chi connectivity index (χ4v) is 2.27. The molecule has 0 aliphatic rings. The maximum Gasteiger partial charge on any atom is 0.274 e. The van der Waals surface area contributed by atoms with Gasteiger partial charge in [0.15, 0.2) is 0 Å². The van der Waals surface area contributed by atoms with Gasteiger partial charge in [-0.15, -0.1) is 0 Å². The third-order valence-electron chi connectivity index (χ3n) is 2.47. The van der Waals surface area contributed by atoms with Crippen molar-refractivity contribution in [2.75, 3.05) is 0 Å². The smallest absolute Gasteiger partial charge is 0.274 e. The first kappa shape index (κ1) is 14.8. The summed E-state index contributed by atoms with van der Waals surface area (Å²) in [5.41, 5.74) is 0.569. The summed E-state index contributed by atoms with van der Waals surface area (Å²) in [7, 11) is 0. The van der Waals surface area contributed by atoms with E-state index in [9.17, 15) is 10.1 Å². The van der Waals surface area contributed by atoms with Gasteiger partial charge in [-0.05, 0) is 23.8 Å². The van der Waals surface area contributed by atoms with Crippen molar-refractivity contribution in [3.63, 3.8) is 0 Å². The Balaban J connectivity index is 2.32. The molecule has 0 amide bonds. The van der Waals surface area contributed by atoms with Gasteiger partial charge >= 0.3 is 0 Å². The summed E-state index contributed by atoms with van der Waals surface area (Å²) in [4.78, 5) is 10.3. The van der Waals surface area contributed by atoms with Crippen molar-refractivity contribution >= 4 is 33.2 Å². The lowest BCUT2D eigenvalue weighted by molar-refractivity contribution is -0.385. The van der Waals surface area contributed by atoms with E-state index in [1.54, 1.807) is 24.3 Å². The number of non-ortho nitro benzene ring substituents is 1. The van der Waals surface area contributed by atoms with E-state index in [0.717, 1.165) is 0 Å². The van der Waals surface area contributed by atoms with Gasteiger partial charge in [0.05, 0.1) is 22.6 Å². The molecule has 0 aromatic heterocycles. The van der Waals surface area contributed by atoms with Gasteiger partial charge in [0, 0.05) is 10.5 Å². The molecule has 0 heterocycles. The summed E-state index contributed by atoms with van der Waals surface area (Å²) in [5, 5.41) is 20.1. The molecular formula is C13H9BrClNO4. The van der Waals surface area contributed by atoms with E-state index >= 15 is 0 Å². The molecule has 5 nitrogen and oxygen atoms in total. The first-order valence-electron chi connectivity index (χ1n) is 5.51. The van der Waals surface area contributed by atoms with Crippen molar-refractivity contribution in [3.8, 4) is 11.5 Å². The summed E-state index contributed by atoms with van der Waals surface area (Å²) in [5.74, 6) is 0.654. The SMILES string of the molecule is O=[N+]([O-])c1cc(Br)cc(Oc2ccc(CO)cc2Cl)c1. The van der Waals surface area contributed by atoms with E-state index in [2.05, 4.69) is 15.9 Å². The van der Waals surface area contributed by atoms with Crippen LogP contribution in [0.1, 0.15) is 5.56 Å². The van der Waals surface area contributed by atoms with E-state index in [-0.39, 0.29) is 12.3 Å². The summed E-state index contributed by atoms with van der Waals surface area (Å²) in [6.07, 6.45) is 0. The lowest BCUT2D eigenvalue weighted by Gasteiger charge is -2.09. The number of aliphatic hydroxyl groups is 1. The summed E-state index contributed by atoms with van der Waals surface area (Å²) >= 11 is 9.20. The minimum Gasteiger partial charge on any atom is -0.456 e. The van der Waals surface area contributed by atoms with E-state index in [1.807, 2.05) is 0 Å². The summed E-state index contributed by atoms with van der Waals surface area (Å²) in [6.45, 7) is -0.123. The highest BCUT2D eigenvalue weighted by atomic mass is 79.9. The van der Waals surface area contributed by atoms with Gasteiger partial charge in [-0.3, -0.25) is 10.1 Å². The molecule has 20 heavy (non-hydrogen) atoms. The number of aliphatic hydroxyl groups excluding tert-OH is 1. The predicted molar refractivity (Wildman–Crippen MR) is 78.2 cm³/mol. The number of nitrogens with zero attached hydrogens (tertiary/aromatic N) is 1. The number of benzene rings is 2. The normalized spacial score (nSPS) is 10.3. The zero-order valence-corrected chi connectivity index (χ0v) is 12.4. The molecule has 0 saturated heterocycles. The molecule has 0 saturated carbocycles. The average Bonchev–Trinajstić information content (AvgIpc) is 2.40. The summed E-state index contributed by atoms with van der Waals surface area (Å²) in [6, 6.07) is 9.12. The van der Waals surface area contributed by atoms with Crippen molar-refractivity contribution < 1.29 is 14.8 Å². The maximum absolute atomic E-state index is 10.8. The Bertz CT molecular complexity index is 663. The van der Waals surface area contributed by atoms with E-state index in [4.69, 9.17) is 21.4 Å². The van der Waals surface area contributed by atoms with Crippen LogP contribution in [0.25, 0.3) is 0 Å². The number of ether oxygens (including phenoxy) is 1. The third kappa shape index (κ3) is 3.47. The highest BCUT2D eigenvalue weighted by Crippen LogP contribution is 2.33. The largest absolute Gasteiger partial charge is 0.456 e. The van der Waals surface area contributed by atoms with Crippen LogP contribution in [0.5, 0.6) is 11.5 Å². The van der Waals surface area contributed by atoms with Gasteiger partial charge in [0.25, 0.3) is 5.69 Å². The topological polar surface area (TPSA) is 72.6 Å². The Hall–Kier alpha value is -1.63. The van der Waals surface area contributed by atoms with Gasteiger partial charge in [0.1, 0.15) is 11.5 Å².